The van der Waals surface area contributed by atoms with Crippen molar-refractivity contribution in [1.29, 1.82) is 0 Å². The number of aromatic nitrogens is 4. The zero-order valence-corrected chi connectivity index (χ0v) is 17.1. The molecule has 0 saturated heterocycles. The molecule has 0 spiro atoms. The van der Waals surface area contributed by atoms with E-state index in [0.717, 1.165) is 36.9 Å². The van der Waals surface area contributed by atoms with Gasteiger partial charge in [0.1, 0.15) is 11.5 Å². The number of hydrogen-bond donors (Lipinski definition) is 1. The van der Waals surface area contributed by atoms with Crippen LogP contribution in [-0.2, 0) is 0 Å². The van der Waals surface area contributed by atoms with E-state index in [1.54, 1.807) is 51.0 Å². The number of carbonyl (C=O) groups is 1. The predicted molar refractivity (Wildman–Crippen MR) is 112 cm³/mol. The first-order chi connectivity index (χ1) is 14.7. The molecule has 1 saturated carbocycles. The van der Waals surface area contributed by atoms with E-state index in [9.17, 15) is 4.79 Å². The Morgan fingerprint density at radius 1 is 1.10 bits per heavy atom. The number of carbonyl (C=O) groups excluding carboxylic acids is 1. The molecule has 1 aliphatic carbocycles. The van der Waals surface area contributed by atoms with Crippen LogP contribution in [0.2, 0.25) is 0 Å². The lowest BCUT2D eigenvalue weighted by molar-refractivity contribution is 0.0918. The quantitative estimate of drug-likeness (QED) is 0.674. The molecule has 30 heavy (non-hydrogen) atoms. The van der Waals surface area contributed by atoms with Crippen molar-refractivity contribution in [3.63, 3.8) is 0 Å². The molecule has 4 rings (SSSR count). The highest BCUT2D eigenvalue weighted by Crippen LogP contribution is 2.30. The summed E-state index contributed by atoms with van der Waals surface area (Å²) in [5.41, 5.74) is 2.26. The third-order valence-electron chi connectivity index (χ3n) is 5.52. The molecule has 2 aromatic heterocycles. The van der Waals surface area contributed by atoms with Crippen LogP contribution in [-0.4, -0.2) is 45.9 Å². The topological polar surface area (TPSA) is 91.2 Å². The monoisotopic (exact) mass is 407 g/mol. The Hall–Kier alpha value is -3.42. The molecule has 8 heteroatoms. The van der Waals surface area contributed by atoms with E-state index < -0.39 is 0 Å². The van der Waals surface area contributed by atoms with Gasteiger partial charge in [-0.05, 0) is 43.9 Å². The molecule has 1 fully saturated rings. The number of methoxy groups -OCH3 is 2. The SMILES string of the molecule is COc1ccc(OC)c(C(=O)NC2CCC(n3cc(-c4cnccn4)cn3)CC2)c1. The molecule has 0 unspecified atom stereocenters. The number of hydrogen-bond acceptors (Lipinski definition) is 6. The van der Waals surface area contributed by atoms with Crippen LogP contribution in [0.15, 0.2) is 49.2 Å². The first-order valence-electron chi connectivity index (χ1n) is 10.0. The maximum Gasteiger partial charge on any atom is 0.255 e. The van der Waals surface area contributed by atoms with Crippen LogP contribution in [0.3, 0.4) is 0 Å². The van der Waals surface area contributed by atoms with Crippen molar-refractivity contribution in [2.45, 2.75) is 37.8 Å². The van der Waals surface area contributed by atoms with E-state index in [4.69, 9.17) is 9.47 Å². The molecule has 2 heterocycles. The predicted octanol–water partition coefficient (Wildman–Crippen LogP) is 3.27. The second-order valence-electron chi connectivity index (χ2n) is 7.34. The minimum absolute atomic E-state index is 0.125. The molecule has 1 amide bonds. The summed E-state index contributed by atoms with van der Waals surface area (Å²) in [4.78, 5) is 21.2. The summed E-state index contributed by atoms with van der Waals surface area (Å²) in [5, 5.41) is 7.66. The number of nitrogens with zero attached hydrogens (tertiary/aromatic N) is 4. The number of ether oxygens (including phenoxy) is 2. The zero-order chi connectivity index (χ0) is 20.9. The number of rotatable bonds is 6. The van der Waals surface area contributed by atoms with Gasteiger partial charge in [-0.1, -0.05) is 0 Å². The Morgan fingerprint density at radius 2 is 1.93 bits per heavy atom. The number of benzene rings is 1. The molecule has 1 aromatic carbocycles. The van der Waals surface area contributed by atoms with Crippen LogP contribution >= 0.6 is 0 Å². The van der Waals surface area contributed by atoms with E-state index in [2.05, 4.69) is 20.4 Å². The number of nitrogens with one attached hydrogen (secondary N) is 1. The third kappa shape index (κ3) is 4.27. The normalized spacial score (nSPS) is 18.6. The summed E-state index contributed by atoms with van der Waals surface area (Å²) in [7, 11) is 3.14. The molecular weight excluding hydrogens is 382 g/mol. The molecule has 1 N–H and O–H groups in total. The molecule has 1 aliphatic rings. The Labute approximate surface area is 175 Å². The largest absolute Gasteiger partial charge is 0.497 e. The molecule has 8 nitrogen and oxygen atoms in total. The molecule has 156 valence electrons. The second kappa shape index (κ2) is 8.94. The van der Waals surface area contributed by atoms with Crippen molar-refractivity contribution in [3.05, 3.63) is 54.7 Å². The van der Waals surface area contributed by atoms with Gasteiger partial charge in [-0.15, -0.1) is 0 Å². The second-order valence-corrected chi connectivity index (χ2v) is 7.34. The minimum atomic E-state index is -0.141. The molecule has 0 radical (unpaired) electrons. The Balaban J connectivity index is 1.36. The zero-order valence-electron chi connectivity index (χ0n) is 17.1. The Kier molecular flexibility index (Phi) is 5.92. The van der Waals surface area contributed by atoms with Gasteiger partial charge in [-0.25, -0.2) is 0 Å². The van der Waals surface area contributed by atoms with E-state index in [0.29, 0.717) is 23.1 Å². The van der Waals surface area contributed by atoms with Crippen molar-refractivity contribution >= 4 is 5.91 Å². The lowest BCUT2D eigenvalue weighted by Crippen LogP contribution is -2.38. The van der Waals surface area contributed by atoms with Gasteiger partial charge in [-0.2, -0.15) is 5.10 Å². The summed E-state index contributed by atoms with van der Waals surface area (Å²) >= 11 is 0. The lowest BCUT2D eigenvalue weighted by Gasteiger charge is -2.29. The molecule has 0 aliphatic heterocycles. The maximum absolute atomic E-state index is 12.8. The fourth-order valence-corrected chi connectivity index (χ4v) is 3.86. The summed E-state index contributed by atoms with van der Waals surface area (Å²) in [6.45, 7) is 0. The van der Waals surface area contributed by atoms with Crippen LogP contribution < -0.4 is 14.8 Å². The van der Waals surface area contributed by atoms with E-state index in [1.807, 2.05) is 17.1 Å². The third-order valence-corrected chi connectivity index (χ3v) is 5.52. The highest BCUT2D eigenvalue weighted by atomic mass is 16.5. The van der Waals surface area contributed by atoms with Gasteiger partial charge in [0.2, 0.25) is 0 Å². The van der Waals surface area contributed by atoms with Gasteiger partial charge in [0.15, 0.2) is 0 Å². The minimum Gasteiger partial charge on any atom is -0.497 e. The van der Waals surface area contributed by atoms with E-state index in [1.165, 1.54) is 0 Å². The average molecular weight is 407 g/mol. The van der Waals surface area contributed by atoms with Crippen molar-refractivity contribution in [2.24, 2.45) is 0 Å². The summed E-state index contributed by atoms with van der Waals surface area (Å²) < 4.78 is 12.6. The standard InChI is InChI=1S/C22H25N5O3/c1-29-18-7-8-21(30-2)19(11-18)22(28)26-16-3-5-17(6-4-16)27-14-15(12-25-27)20-13-23-9-10-24-20/h7-14,16-17H,3-6H2,1-2H3,(H,26,28). The van der Waals surface area contributed by atoms with Gasteiger partial charge in [-0.3, -0.25) is 19.4 Å². The van der Waals surface area contributed by atoms with Crippen LogP contribution in [0.25, 0.3) is 11.3 Å². The molecule has 0 atom stereocenters. The summed E-state index contributed by atoms with van der Waals surface area (Å²) in [6.07, 6.45) is 12.6. The van der Waals surface area contributed by atoms with Crippen LogP contribution in [0, 0.1) is 0 Å². The van der Waals surface area contributed by atoms with Gasteiger partial charge >= 0.3 is 0 Å². The van der Waals surface area contributed by atoms with Gasteiger partial charge < -0.3 is 14.8 Å². The highest BCUT2D eigenvalue weighted by molar-refractivity contribution is 5.97. The van der Waals surface area contributed by atoms with E-state index >= 15 is 0 Å². The number of amides is 1. The Morgan fingerprint density at radius 3 is 2.63 bits per heavy atom. The van der Waals surface area contributed by atoms with Crippen LogP contribution in [0.1, 0.15) is 42.1 Å². The van der Waals surface area contributed by atoms with E-state index in [-0.39, 0.29) is 11.9 Å². The maximum atomic E-state index is 12.8. The summed E-state index contributed by atoms with van der Waals surface area (Å²) in [5.74, 6) is 1.02. The Bertz CT molecular complexity index is 997. The van der Waals surface area contributed by atoms with Crippen molar-refractivity contribution in [2.75, 3.05) is 14.2 Å². The van der Waals surface area contributed by atoms with Gasteiger partial charge in [0, 0.05) is 30.2 Å². The van der Waals surface area contributed by atoms with Gasteiger partial charge in [0.05, 0.1) is 43.9 Å². The first-order valence-corrected chi connectivity index (χ1v) is 10.0. The fraction of sp³-hybridized carbons (Fsp3) is 0.364. The lowest BCUT2D eigenvalue weighted by atomic mass is 9.91. The molecule has 3 aromatic rings. The van der Waals surface area contributed by atoms with Crippen molar-refractivity contribution in [3.8, 4) is 22.8 Å². The average Bonchev–Trinajstić information content (AvgIpc) is 3.30. The smallest absolute Gasteiger partial charge is 0.255 e. The first kappa shape index (κ1) is 19.9. The fourth-order valence-electron chi connectivity index (χ4n) is 3.86. The highest BCUT2D eigenvalue weighted by Gasteiger charge is 2.25. The molecular formula is C22H25N5O3. The van der Waals surface area contributed by atoms with Crippen LogP contribution in [0.4, 0.5) is 0 Å². The van der Waals surface area contributed by atoms with Crippen molar-refractivity contribution in [1.82, 2.24) is 25.1 Å². The van der Waals surface area contributed by atoms with Gasteiger partial charge in [0.25, 0.3) is 5.91 Å². The molecule has 0 bridgehead atoms. The van der Waals surface area contributed by atoms with Crippen molar-refractivity contribution < 1.29 is 14.3 Å². The summed E-state index contributed by atoms with van der Waals surface area (Å²) in [6, 6.07) is 5.67. The van der Waals surface area contributed by atoms with Crippen LogP contribution in [0.5, 0.6) is 11.5 Å².